The van der Waals surface area contributed by atoms with Crippen LogP contribution in [0, 0.1) is 6.92 Å². The van der Waals surface area contributed by atoms with Crippen molar-refractivity contribution in [2.24, 2.45) is 0 Å². The summed E-state index contributed by atoms with van der Waals surface area (Å²) in [5, 5.41) is 11.6. The number of rotatable bonds is 2. The largest absolute Gasteiger partial charge is 0.477 e. The lowest BCUT2D eigenvalue weighted by atomic mass is 10.0. The van der Waals surface area contributed by atoms with Crippen LogP contribution in [0.15, 0.2) is 11.0 Å². The summed E-state index contributed by atoms with van der Waals surface area (Å²) in [6.45, 7) is 5.52. The zero-order valence-electron chi connectivity index (χ0n) is 9.81. The summed E-state index contributed by atoms with van der Waals surface area (Å²) >= 11 is 0. The summed E-state index contributed by atoms with van der Waals surface area (Å²) in [4.78, 5) is 27.3. The van der Waals surface area contributed by atoms with Crippen molar-refractivity contribution in [1.29, 1.82) is 0 Å². The van der Waals surface area contributed by atoms with E-state index in [0.29, 0.717) is 11.3 Å². The summed E-state index contributed by atoms with van der Waals surface area (Å²) in [6.07, 6.45) is 1.27. The van der Waals surface area contributed by atoms with Gasteiger partial charge in [0.15, 0.2) is 5.65 Å². The van der Waals surface area contributed by atoms with E-state index < -0.39 is 5.97 Å². The van der Waals surface area contributed by atoms with E-state index in [4.69, 9.17) is 5.11 Å². The number of hydrogen-bond acceptors (Lipinski definition) is 3. The van der Waals surface area contributed by atoms with Gasteiger partial charge in [-0.2, -0.15) is 0 Å². The highest BCUT2D eigenvalue weighted by molar-refractivity contribution is 5.94. The summed E-state index contributed by atoms with van der Waals surface area (Å²) in [7, 11) is 0. The normalized spacial score (nSPS) is 11.3. The van der Waals surface area contributed by atoms with Gasteiger partial charge in [-0.3, -0.25) is 9.89 Å². The Morgan fingerprint density at radius 2 is 2.18 bits per heavy atom. The van der Waals surface area contributed by atoms with E-state index in [0.717, 1.165) is 0 Å². The molecule has 0 aliphatic rings. The van der Waals surface area contributed by atoms with Gasteiger partial charge >= 0.3 is 5.97 Å². The van der Waals surface area contributed by atoms with Gasteiger partial charge in [-0.15, -0.1) is 0 Å². The van der Waals surface area contributed by atoms with Gasteiger partial charge in [-0.1, -0.05) is 13.8 Å². The molecule has 17 heavy (non-hydrogen) atoms. The molecule has 2 N–H and O–H groups in total. The van der Waals surface area contributed by atoms with Crippen molar-refractivity contribution in [3.63, 3.8) is 0 Å². The maximum atomic E-state index is 12.1. The van der Waals surface area contributed by atoms with Crippen LogP contribution >= 0.6 is 0 Å². The third kappa shape index (κ3) is 1.61. The van der Waals surface area contributed by atoms with Crippen molar-refractivity contribution >= 4 is 11.6 Å². The maximum Gasteiger partial charge on any atom is 0.341 e. The van der Waals surface area contributed by atoms with Crippen molar-refractivity contribution in [2.45, 2.75) is 26.7 Å². The molecule has 0 aromatic carbocycles. The lowest BCUT2D eigenvalue weighted by Gasteiger charge is -2.08. The molecular formula is C11H13N3O3. The van der Waals surface area contributed by atoms with Crippen LogP contribution in [-0.4, -0.2) is 25.7 Å². The van der Waals surface area contributed by atoms with E-state index in [1.165, 1.54) is 10.7 Å². The Labute approximate surface area is 96.9 Å². The van der Waals surface area contributed by atoms with Crippen LogP contribution in [0.1, 0.15) is 41.4 Å². The van der Waals surface area contributed by atoms with Crippen molar-refractivity contribution in [1.82, 2.24) is 14.6 Å². The fourth-order valence-electron chi connectivity index (χ4n) is 1.96. The molecular weight excluding hydrogens is 222 g/mol. The molecule has 0 aliphatic heterocycles. The molecule has 0 saturated heterocycles. The van der Waals surface area contributed by atoms with Crippen LogP contribution in [0.2, 0.25) is 0 Å². The SMILES string of the molecule is Cc1nc2c(C(=O)O)c[nH]n2c(=O)c1C(C)C. The summed E-state index contributed by atoms with van der Waals surface area (Å²) in [5.41, 5.74) is 1.09. The summed E-state index contributed by atoms with van der Waals surface area (Å²) in [5.74, 6) is -1.06. The van der Waals surface area contributed by atoms with Crippen LogP contribution in [0.4, 0.5) is 0 Å². The molecule has 0 aliphatic carbocycles. The number of nitrogens with zero attached hydrogens (tertiary/aromatic N) is 2. The van der Waals surface area contributed by atoms with Gasteiger partial charge in [-0.05, 0) is 12.8 Å². The number of nitrogens with one attached hydrogen (secondary N) is 1. The highest BCUT2D eigenvalue weighted by Crippen LogP contribution is 2.15. The topological polar surface area (TPSA) is 87.5 Å². The lowest BCUT2D eigenvalue weighted by Crippen LogP contribution is -2.23. The van der Waals surface area contributed by atoms with Crippen LogP contribution in [0.3, 0.4) is 0 Å². The molecule has 2 aromatic heterocycles. The number of carboxylic acid groups (broad SMARTS) is 1. The smallest absolute Gasteiger partial charge is 0.341 e. The number of aromatic nitrogens is 3. The predicted octanol–water partition coefficient (Wildman–Crippen LogP) is 1.15. The number of carbonyl (C=O) groups is 1. The van der Waals surface area contributed by atoms with E-state index in [-0.39, 0.29) is 22.7 Å². The molecule has 2 heterocycles. The molecule has 0 spiro atoms. The molecule has 6 heteroatoms. The van der Waals surface area contributed by atoms with E-state index in [1.807, 2.05) is 13.8 Å². The predicted molar refractivity (Wildman–Crippen MR) is 61.6 cm³/mol. The minimum atomic E-state index is -1.10. The first-order chi connectivity index (χ1) is 7.93. The molecule has 6 nitrogen and oxygen atoms in total. The Balaban J connectivity index is 2.88. The molecule has 0 saturated carbocycles. The van der Waals surface area contributed by atoms with Crippen LogP contribution in [-0.2, 0) is 0 Å². The van der Waals surface area contributed by atoms with Crippen molar-refractivity contribution in [3.8, 4) is 0 Å². The van der Waals surface area contributed by atoms with Gasteiger partial charge < -0.3 is 5.11 Å². The van der Waals surface area contributed by atoms with E-state index in [9.17, 15) is 9.59 Å². The average Bonchev–Trinajstić information content (AvgIpc) is 2.60. The van der Waals surface area contributed by atoms with Gasteiger partial charge in [0.2, 0.25) is 0 Å². The van der Waals surface area contributed by atoms with E-state index in [1.54, 1.807) is 6.92 Å². The van der Waals surface area contributed by atoms with Gasteiger partial charge in [0.25, 0.3) is 5.56 Å². The molecule has 2 aromatic rings. The number of aromatic carboxylic acids is 1. The molecule has 0 atom stereocenters. The molecule has 0 fully saturated rings. The zero-order valence-corrected chi connectivity index (χ0v) is 9.81. The first-order valence-electron chi connectivity index (χ1n) is 5.27. The van der Waals surface area contributed by atoms with E-state index >= 15 is 0 Å². The minimum absolute atomic E-state index is 0.000469. The van der Waals surface area contributed by atoms with Crippen LogP contribution in [0.5, 0.6) is 0 Å². The van der Waals surface area contributed by atoms with Crippen molar-refractivity contribution in [3.05, 3.63) is 33.4 Å². The fourth-order valence-corrected chi connectivity index (χ4v) is 1.96. The number of aromatic amines is 1. The van der Waals surface area contributed by atoms with Crippen LogP contribution < -0.4 is 5.56 Å². The Morgan fingerprint density at radius 3 is 2.71 bits per heavy atom. The highest BCUT2D eigenvalue weighted by atomic mass is 16.4. The second-order valence-electron chi connectivity index (χ2n) is 4.22. The quantitative estimate of drug-likeness (QED) is 0.817. The van der Waals surface area contributed by atoms with Crippen molar-refractivity contribution < 1.29 is 9.90 Å². The lowest BCUT2D eigenvalue weighted by molar-refractivity contribution is 0.0699. The summed E-state index contributed by atoms with van der Waals surface area (Å²) < 4.78 is 1.17. The third-order valence-corrected chi connectivity index (χ3v) is 2.70. The van der Waals surface area contributed by atoms with Gasteiger partial charge in [0.1, 0.15) is 5.56 Å². The highest BCUT2D eigenvalue weighted by Gasteiger charge is 2.18. The maximum absolute atomic E-state index is 12.1. The first kappa shape index (κ1) is 11.4. The second kappa shape index (κ2) is 3.73. The Hall–Kier alpha value is -2.11. The van der Waals surface area contributed by atoms with Gasteiger partial charge in [0.05, 0.1) is 0 Å². The minimum Gasteiger partial charge on any atom is -0.477 e. The standard InChI is InChI=1S/C11H13N3O3/c1-5(2)8-6(3)13-9-7(11(16)17)4-12-14(9)10(8)15/h4-5,12H,1-3H3,(H,16,17). The summed E-state index contributed by atoms with van der Waals surface area (Å²) in [6, 6.07) is 0. The third-order valence-electron chi connectivity index (χ3n) is 2.70. The monoisotopic (exact) mass is 235 g/mol. The second-order valence-corrected chi connectivity index (χ2v) is 4.22. The Morgan fingerprint density at radius 1 is 1.53 bits per heavy atom. The van der Waals surface area contributed by atoms with Crippen molar-refractivity contribution in [2.75, 3.05) is 0 Å². The average molecular weight is 235 g/mol. The Kier molecular flexibility index (Phi) is 2.49. The van der Waals surface area contributed by atoms with Gasteiger partial charge in [-0.25, -0.2) is 14.3 Å². The Bertz CT molecular complexity index is 652. The molecule has 0 unspecified atom stereocenters. The number of H-pyrrole nitrogens is 1. The van der Waals surface area contributed by atoms with Crippen LogP contribution in [0.25, 0.3) is 5.65 Å². The first-order valence-corrected chi connectivity index (χ1v) is 5.27. The molecule has 0 radical (unpaired) electrons. The number of fused-ring (bicyclic) bond motifs is 1. The molecule has 0 bridgehead atoms. The number of aryl methyl sites for hydroxylation is 1. The van der Waals surface area contributed by atoms with E-state index in [2.05, 4.69) is 10.1 Å². The zero-order chi connectivity index (χ0) is 12.7. The number of hydrogen-bond donors (Lipinski definition) is 2. The molecule has 0 amide bonds. The molecule has 2 rings (SSSR count). The molecule has 90 valence electrons. The number of carboxylic acids is 1. The fraction of sp³-hybridized carbons (Fsp3) is 0.364. The van der Waals surface area contributed by atoms with Gasteiger partial charge in [0, 0.05) is 17.5 Å².